The van der Waals surface area contributed by atoms with Gasteiger partial charge in [-0.3, -0.25) is 4.79 Å². The summed E-state index contributed by atoms with van der Waals surface area (Å²) in [6.07, 6.45) is 6.51. The van der Waals surface area contributed by atoms with Crippen molar-refractivity contribution < 1.29 is 13.2 Å². The van der Waals surface area contributed by atoms with E-state index in [2.05, 4.69) is 10.0 Å². The first-order chi connectivity index (χ1) is 9.02. The Labute approximate surface area is 121 Å². The zero-order valence-corrected chi connectivity index (χ0v) is 13.5. The highest BCUT2D eigenvalue weighted by atomic mass is 32.2. The van der Waals surface area contributed by atoms with Crippen molar-refractivity contribution in [1.82, 2.24) is 10.0 Å². The molecule has 0 unspecified atom stereocenters. The third-order valence-electron chi connectivity index (χ3n) is 3.55. The molecule has 6 nitrogen and oxygen atoms in total. The van der Waals surface area contributed by atoms with Crippen LogP contribution >= 0.6 is 0 Å². The van der Waals surface area contributed by atoms with Gasteiger partial charge in [-0.2, -0.15) is 0 Å². The third-order valence-corrected chi connectivity index (χ3v) is 4.47. The second-order valence-corrected chi connectivity index (χ2v) is 8.38. The van der Waals surface area contributed by atoms with Gasteiger partial charge in [0.25, 0.3) is 0 Å². The molecule has 1 fully saturated rings. The lowest BCUT2D eigenvalue weighted by Crippen LogP contribution is -2.52. The molecule has 7 heteroatoms. The maximum atomic E-state index is 12.0. The molecular weight excluding hydrogens is 278 g/mol. The predicted molar refractivity (Wildman–Crippen MR) is 79.7 cm³/mol. The van der Waals surface area contributed by atoms with E-state index in [9.17, 15) is 13.2 Å². The van der Waals surface area contributed by atoms with Gasteiger partial charge in [0.05, 0.1) is 6.26 Å². The fourth-order valence-corrected chi connectivity index (χ4v) is 3.75. The molecule has 118 valence electrons. The number of hydrogen-bond donors (Lipinski definition) is 3. The van der Waals surface area contributed by atoms with Gasteiger partial charge in [0.1, 0.15) is 0 Å². The summed E-state index contributed by atoms with van der Waals surface area (Å²) in [5.74, 6) is -0.113. The monoisotopic (exact) mass is 305 g/mol. The van der Waals surface area contributed by atoms with Gasteiger partial charge in [-0.25, -0.2) is 13.1 Å². The zero-order valence-electron chi connectivity index (χ0n) is 12.7. The highest BCUT2D eigenvalue weighted by Crippen LogP contribution is 2.28. The molecule has 0 aliphatic heterocycles. The van der Waals surface area contributed by atoms with E-state index in [4.69, 9.17) is 5.73 Å². The fraction of sp³-hybridized carbons (Fsp3) is 0.923. The number of nitrogens with one attached hydrogen (secondary N) is 2. The van der Waals surface area contributed by atoms with Gasteiger partial charge < -0.3 is 11.1 Å². The normalized spacial score (nSPS) is 19.6. The van der Waals surface area contributed by atoms with E-state index in [0.717, 1.165) is 31.9 Å². The molecule has 0 atom stereocenters. The van der Waals surface area contributed by atoms with E-state index in [-0.39, 0.29) is 12.5 Å². The van der Waals surface area contributed by atoms with E-state index in [1.165, 1.54) is 6.42 Å². The van der Waals surface area contributed by atoms with Crippen LogP contribution in [0.1, 0.15) is 52.4 Å². The number of amides is 1. The summed E-state index contributed by atoms with van der Waals surface area (Å²) in [6, 6.07) is 0. The lowest BCUT2D eigenvalue weighted by atomic mass is 9.80. The van der Waals surface area contributed by atoms with Crippen LogP contribution in [0, 0.1) is 0 Å². The van der Waals surface area contributed by atoms with Crippen LogP contribution in [0.5, 0.6) is 0 Å². The molecule has 1 rings (SSSR count). The summed E-state index contributed by atoms with van der Waals surface area (Å²) in [5, 5.41) is 2.77. The van der Waals surface area contributed by atoms with Crippen LogP contribution in [0.25, 0.3) is 0 Å². The predicted octanol–water partition coefficient (Wildman–Crippen LogP) is 0.482. The van der Waals surface area contributed by atoms with Gasteiger partial charge in [0.2, 0.25) is 15.9 Å². The van der Waals surface area contributed by atoms with Crippen molar-refractivity contribution >= 4 is 15.9 Å². The SMILES string of the molecule is CC(C)(CNC(=O)CC1(N)CCCCC1)NS(C)(=O)=O. The summed E-state index contributed by atoms with van der Waals surface area (Å²) in [5.41, 5.74) is 5.13. The molecule has 1 aliphatic rings. The maximum absolute atomic E-state index is 12.0. The summed E-state index contributed by atoms with van der Waals surface area (Å²) in [4.78, 5) is 12.0. The van der Waals surface area contributed by atoms with Crippen molar-refractivity contribution in [3.8, 4) is 0 Å². The van der Waals surface area contributed by atoms with Crippen LogP contribution in [-0.2, 0) is 14.8 Å². The Hall–Kier alpha value is -0.660. The lowest BCUT2D eigenvalue weighted by molar-refractivity contribution is -0.122. The quantitative estimate of drug-likeness (QED) is 0.664. The number of nitrogens with two attached hydrogens (primary N) is 1. The lowest BCUT2D eigenvalue weighted by Gasteiger charge is -2.33. The minimum Gasteiger partial charge on any atom is -0.354 e. The standard InChI is InChI=1S/C13H27N3O3S/c1-12(2,16-20(3,18)19)10-15-11(17)9-13(14)7-5-4-6-8-13/h16H,4-10,14H2,1-3H3,(H,15,17). The van der Waals surface area contributed by atoms with Gasteiger partial charge in [0.15, 0.2) is 0 Å². The van der Waals surface area contributed by atoms with E-state index in [0.29, 0.717) is 6.42 Å². The smallest absolute Gasteiger partial charge is 0.221 e. The fourth-order valence-electron chi connectivity index (χ4n) is 2.67. The number of sulfonamides is 1. The second kappa shape index (κ2) is 6.41. The molecule has 0 spiro atoms. The van der Waals surface area contributed by atoms with Crippen LogP contribution in [0.15, 0.2) is 0 Å². The minimum absolute atomic E-state index is 0.113. The molecular formula is C13H27N3O3S. The molecule has 0 aromatic carbocycles. The van der Waals surface area contributed by atoms with Gasteiger partial charge >= 0.3 is 0 Å². The summed E-state index contributed by atoms with van der Waals surface area (Å²) < 4.78 is 24.9. The second-order valence-electron chi connectivity index (χ2n) is 6.63. The summed E-state index contributed by atoms with van der Waals surface area (Å²) in [7, 11) is -3.29. The molecule has 0 aromatic heterocycles. The van der Waals surface area contributed by atoms with E-state index < -0.39 is 21.1 Å². The van der Waals surface area contributed by atoms with E-state index in [1.54, 1.807) is 13.8 Å². The minimum atomic E-state index is -3.29. The number of rotatable bonds is 6. The average Bonchev–Trinajstić information content (AvgIpc) is 2.24. The highest BCUT2D eigenvalue weighted by Gasteiger charge is 2.30. The van der Waals surface area contributed by atoms with Gasteiger partial charge in [0, 0.05) is 24.0 Å². The molecule has 4 N–H and O–H groups in total. The zero-order chi connectivity index (χ0) is 15.4. The van der Waals surface area contributed by atoms with Gasteiger partial charge in [-0.05, 0) is 26.7 Å². The Kier molecular flexibility index (Phi) is 5.57. The molecule has 0 heterocycles. The van der Waals surface area contributed by atoms with Crippen LogP contribution in [0.2, 0.25) is 0 Å². The number of carbonyl (C=O) groups is 1. The Morgan fingerprint density at radius 1 is 1.25 bits per heavy atom. The number of carbonyl (C=O) groups excluding carboxylic acids is 1. The summed E-state index contributed by atoms with van der Waals surface area (Å²) >= 11 is 0. The Balaban J connectivity index is 2.43. The van der Waals surface area contributed by atoms with E-state index >= 15 is 0 Å². The third kappa shape index (κ3) is 6.67. The first-order valence-electron chi connectivity index (χ1n) is 7.06. The molecule has 0 bridgehead atoms. The molecule has 20 heavy (non-hydrogen) atoms. The van der Waals surface area contributed by atoms with Gasteiger partial charge in [-0.1, -0.05) is 19.3 Å². The Morgan fingerprint density at radius 3 is 2.30 bits per heavy atom. The molecule has 0 radical (unpaired) electrons. The van der Waals surface area contributed by atoms with Crippen molar-refractivity contribution in [2.24, 2.45) is 5.73 Å². The van der Waals surface area contributed by atoms with Gasteiger partial charge in [-0.15, -0.1) is 0 Å². The van der Waals surface area contributed by atoms with Crippen molar-refractivity contribution in [3.05, 3.63) is 0 Å². The Morgan fingerprint density at radius 2 is 1.80 bits per heavy atom. The topological polar surface area (TPSA) is 101 Å². The molecule has 1 amide bonds. The summed E-state index contributed by atoms with van der Waals surface area (Å²) in [6.45, 7) is 3.70. The number of hydrogen-bond acceptors (Lipinski definition) is 4. The average molecular weight is 305 g/mol. The molecule has 0 aromatic rings. The van der Waals surface area contributed by atoms with Crippen LogP contribution < -0.4 is 15.8 Å². The Bertz CT molecular complexity index is 440. The first-order valence-corrected chi connectivity index (χ1v) is 8.95. The first kappa shape index (κ1) is 17.4. The van der Waals surface area contributed by atoms with Crippen LogP contribution in [-0.4, -0.2) is 38.2 Å². The van der Waals surface area contributed by atoms with Crippen LogP contribution in [0.3, 0.4) is 0 Å². The van der Waals surface area contributed by atoms with Crippen molar-refractivity contribution in [1.29, 1.82) is 0 Å². The highest BCUT2D eigenvalue weighted by molar-refractivity contribution is 7.88. The van der Waals surface area contributed by atoms with Crippen molar-refractivity contribution in [2.45, 2.75) is 63.5 Å². The molecule has 1 aliphatic carbocycles. The molecule has 1 saturated carbocycles. The molecule has 0 saturated heterocycles. The largest absolute Gasteiger partial charge is 0.354 e. The van der Waals surface area contributed by atoms with Crippen LogP contribution in [0.4, 0.5) is 0 Å². The van der Waals surface area contributed by atoms with Crippen molar-refractivity contribution in [3.63, 3.8) is 0 Å². The maximum Gasteiger partial charge on any atom is 0.221 e. The van der Waals surface area contributed by atoms with Crippen molar-refractivity contribution in [2.75, 3.05) is 12.8 Å². The van der Waals surface area contributed by atoms with E-state index in [1.807, 2.05) is 0 Å².